The van der Waals surface area contributed by atoms with Crippen LogP contribution in [-0.2, 0) is 19.3 Å². The number of nitrogens with zero attached hydrogens (tertiary/aromatic N) is 2. The van der Waals surface area contributed by atoms with Crippen molar-refractivity contribution < 1.29 is 4.52 Å². The number of benzene rings is 1. The Labute approximate surface area is 117 Å². The molecular weight excluding hydrogens is 262 g/mol. The molecule has 1 aliphatic carbocycles. The average molecular weight is 278 g/mol. The summed E-state index contributed by atoms with van der Waals surface area (Å²) in [7, 11) is 0. The minimum Gasteiger partial charge on any atom is -0.339 e. The summed E-state index contributed by atoms with van der Waals surface area (Å²) in [6.45, 7) is 2.69. The van der Waals surface area contributed by atoms with Gasteiger partial charge in [0.25, 0.3) is 0 Å². The van der Waals surface area contributed by atoms with E-state index in [1.807, 2.05) is 13.0 Å². The summed E-state index contributed by atoms with van der Waals surface area (Å²) in [6, 6.07) is 6.64. The lowest BCUT2D eigenvalue weighted by Crippen LogP contribution is -2.31. The van der Waals surface area contributed by atoms with E-state index in [1.54, 1.807) is 0 Å². The van der Waals surface area contributed by atoms with Crippen LogP contribution in [0.25, 0.3) is 0 Å². The number of fused-ring (bicyclic) bond motifs is 1. The number of rotatable bonds is 4. The molecule has 0 aliphatic heterocycles. The van der Waals surface area contributed by atoms with Gasteiger partial charge in [0.05, 0.1) is 0 Å². The first-order valence-corrected chi connectivity index (χ1v) is 6.88. The molecule has 1 N–H and O–H groups in total. The molecule has 5 heteroatoms. The minimum atomic E-state index is 0.484. The molecule has 1 aromatic carbocycles. The number of hydrogen-bond acceptors (Lipinski definition) is 4. The predicted octanol–water partition coefficient (Wildman–Crippen LogP) is 2.33. The molecule has 100 valence electrons. The van der Waals surface area contributed by atoms with Crippen LogP contribution in [0.15, 0.2) is 22.7 Å². The van der Waals surface area contributed by atoms with Crippen molar-refractivity contribution in [2.24, 2.45) is 0 Å². The Morgan fingerprint density at radius 1 is 1.37 bits per heavy atom. The van der Waals surface area contributed by atoms with Crippen molar-refractivity contribution in [3.8, 4) is 0 Å². The van der Waals surface area contributed by atoms with Crippen molar-refractivity contribution in [2.45, 2.75) is 32.2 Å². The van der Waals surface area contributed by atoms with E-state index in [1.165, 1.54) is 11.1 Å². The fraction of sp³-hybridized carbons (Fsp3) is 0.429. The molecule has 0 fully saturated rings. The van der Waals surface area contributed by atoms with E-state index in [-0.39, 0.29) is 0 Å². The Kier molecular flexibility index (Phi) is 3.53. The maximum absolute atomic E-state index is 6.01. The maximum atomic E-state index is 6.01. The summed E-state index contributed by atoms with van der Waals surface area (Å²) < 4.78 is 5.09. The minimum absolute atomic E-state index is 0.484. The quantitative estimate of drug-likeness (QED) is 0.932. The second-order valence-electron chi connectivity index (χ2n) is 4.96. The number of nitrogens with one attached hydrogen (secondary N) is 1. The smallest absolute Gasteiger partial charge is 0.227 e. The second-order valence-corrected chi connectivity index (χ2v) is 5.39. The van der Waals surface area contributed by atoms with Gasteiger partial charge < -0.3 is 9.84 Å². The van der Waals surface area contributed by atoms with Crippen LogP contribution in [0.3, 0.4) is 0 Å². The van der Waals surface area contributed by atoms with Gasteiger partial charge in [0.2, 0.25) is 5.89 Å². The van der Waals surface area contributed by atoms with Crippen LogP contribution in [-0.4, -0.2) is 22.7 Å². The molecule has 1 unspecified atom stereocenters. The summed E-state index contributed by atoms with van der Waals surface area (Å²) in [5.74, 6) is 1.39. The molecule has 19 heavy (non-hydrogen) atoms. The SMILES string of the molecule is Cc1noc(CCNC2Cc3ccc(Cl)cc3C2)n1. The third-order valence-corrected chi connectivity index (χ3v) is 3.68. The summed E-state index contributed by atoms with van der Waals surface area (Å²) in [6.07, 6.45) is 2.88. The summed E-state index contributed by atoms with van der Waals surface area (Å²) in [4.78, 5) is 4.19. The first-order chi connectivity index (χ1) is 9.20. The van der Waals surface area contributed by atoms with Crippen molar-refractivity contribution in [1.82, 2.24) is 15.5 Å². The molecule has 4 nitrogen and oxygen atoms in total. The number of hydrogen-bond donors (Lipinski definition) is 1. The van der Waals surface area contributed by atoms with E-state index in [4.69, 9.17) is 16.1 Å². The van der Waals surface area contributed by atoms with Crippen LogP contribution in [0.2, 0.25) is 5.02 Å². The molecule has 1 atom stereocenters. The van der Waals surface area contributed by atoms with Crippen LogP contribution in [0, 0.1) is 6.92 Å². The molecule has 2 aromatic rings. The molecule has 0 saturated carbocycles. The molecule has 0 spiro atoms. The van der Waals surface area contributed by atoms with Crippen molar-refractivity contribution >= 4 is 11.6 Å². The highest BCUT2D eigenvalue weighted by molar-refractivity contribution is 6.30. The monoisotopic (exact) mass is 277 g/mol. The Bertz CT molecular complexity index is 582. The molecule has 1 aromatic heterocycles. The number of halogens is 1. The van der Waals surface area contributed by atoms with Crippen LogP contribution in [0.5, 0.6) is 0 Å². The van der Waals surface area contributed by atoms with E-state index in [9.17, 15) is 0 Å². The van der Waals surface area contributed by atoms with Gasteiger partial charge in [0.15, 0.2) is 5.82 Å². The third kappa shape index (κ3) is 2.96. The van der Waals surface area contributed by atoms with Gasteiger partial charge in [0, 0.05) is 24.0 Å². The molecule has 0 bridgehead atoms. The first kappa shape index (κ1) is 12.6. The molecular formula is C14H16ClN3O. The predicted molar refractivity (Wildman–Crippen MR) is 73.4 cm³/mol. The van der Waals surface area contributed by atoms with Crippen molar-refractivity contribution in [3.63, 3.8) is 0 Å². The number of aromatic nitrogens is 2. The molecule has 0 saturated heterocycles. The molecule has 3 rings (SSSR count). The summed E-state index contributed by atoms with van der Waals surface area (Å²) >= 11 is 6.01. The van der Waals surface area contributed by atoms with E-state index in [0.29, 0.717) is 17.8 Å². The third-order valence-electron chi connectivity index (χ3n) is 3.44. The first-order valence-electron chi connectivity index (χ1n) is 6.50. The second kappa shape index (κ2) is 5.31. The lowest BCUT2D eigenvalue weighted by molar-refractivity contribution is 0.369. The Morgan fingerprint density at radius 2 is 2.21 bits per heavy atom. The van der Waals surface area contributed by atoms with Crippen LogP contribution in [0.1, 0.15) is 22.8 Å². The summed E-state index contributed by atoms with van der Waals surface area (Å²) in [5, 5.41) is 8.14. The lowest BCUT2D eigenvalue weighted by atomic mass is 10.1. The highest BCUT2D eigenvalue weighted by Crippen LogP contribution is 2.25. The van der Waals surface area contributed by atoms with E-state index in [2.05, 4.69) is 27.6 Å². The molecule has 1 heterocycles. The fourth-order valence-corrected chi connectivity index (χ4v) is 2.75. The van der Waals surface area contributed by atoms with Crippen LogP contribution in [0.4, 0.5) is 0 Å². The number of aryl methyl sites for hydroxylation is 1. The zero-order valence-electron chi connectivity index (χ0n) is 10.8. The van der Waals surface area contributed by atoms with Gasteiger partial charge >= 0.3 is 0 Å². The Balaban J connectivity index is 1.51. The van der Waals surface area contributed by atoms with Gasteiger partial charge in [-0.25, -0.2) is 0 Å². The molecule has 0 radical (unpaired) electrons. The van der Waals surface area contributed by atoms with Gasteiger partial charge in [-0.3, -0.25) is 0 Å². The standard InChI is InChI=1S/C14H16ClN3O/c1-9-17-14(19-18-9)4-5-16-13-7-10-2-3-12(15)6-11(10)8-13/h2-3,6,13,16H,4-5,7-8H2,1H3. The van der Waals surface area contributed by atoms with Gasteiger partial charge in [-0.15, -0.1) is 0 Å². The van der Waals surface area contributed by atoms with Crippen LogP contribution >= 0.6 is 11.6 Å². The fourth-order valence-electron chi connectivity index (χ4n) is 2.56. The largest absolute Gasteiger partial charge is 0.339 e. The van der Waals surface area contributed by atoms with Gasteiger partial charge in [-0.2, -0.15) is 4.98 Å². The van der Waals surface area contributed by atoms with Crippen LogP contribution < -0.4 is 5.32 Å². The highest BCUT2D eigenvalue weighted by Gasteiger charge is 2.20. The zero-order valence-corrected chi connectivity index (χ0v) is 11.6. The Morgan fingerprint density at radius 3 is 3.00 bits per heavy atom. The lowest BCUT2D eigenvalue weighted by Gasteiger charge is -2.10. The van der Waals surface area contributed by atoms with Gasteiger partial charge in [-0.1, -0.05) is 22.8 Å². The van der Waals surface area contributed by atoms with E-state index in [0.717, 1.165) is 30.8 Å². The Hall–Kier alpha value is -1.39. The maximum Gasteiger partial charge on any atom is 0.227 e. The van der Waals surface area contributed by atoms with E-state index >= 15 is 0 Å². The highest BCUT2D eigenvalue weighted by atomic mass is 35.5. The zero-order chi connectivity index (χ0) is 13.2. The van der Waals surface area contributed by atoms with Gasteiger partial charge in [0.1, 0.15) is 0 Å². The van der Waals surface area contributed by atoms with Crippen molar-refractivity contribution in [3.05, 3.63) is 46.1 Å². The van der Waals surface area contributed by atoms with Crippen molar-refractivity contribution in [2.75, 3.05) is 6.54 Å². The molecule has 1 aliphatic rings. The summed E-state index contributed by atoms with van der Waals surface area (Å²) in [5.41, 5.74) is 2.76. The van der Waals surface area contributed by atoms with E-state index < -0.39 is 0 Å². The topological polar surface area (TPSA) is 51.0 Å². The molecule has 0 amide bonds. The van der Waals surface area contributed by atoms with Crippen molar-refractivity contribution in [1.29, 1.82) is 0 Å². The normalized spacial score (nSPS) is 17.7. The average Bonchev–Trinajstić information content (AvgIpc) is 2.95. The van der Waals surface area contributed by atoms with Gasteiger partial charge in [-0.05, 0) is 43.0 Å².